The van der Waals surface area contributed by atoms with E-state index in [9.17, 15) is 4.79 Å². The molecule has 0 fully saturated rings. The second-order valence-corrected chi connectivity index (χ2v) is 10.3. The lowest BCUT2D eigenvalue weighted by atomic mass is 10.0. The minimum atomic E-state index is -0.383. The Balaban J connectivity index is 1.24. The van der Waals surface area contributed by atoms with Gasteiger partial charge in [0.05, 0.1) is 36.6 Å². The Bertz CT molecular complexity index is 1680. The molecule has 0 saturated carbocycles. The fraction of sp³-hybridized carbons (Fsp3) is 0.290. The van der Waals surface area contributed by atoms with Gasteiger partial charge in [-0.1, -0.05) is 0 Å². The second kappa shape index (κ2) is 11.3. The van der Waals surface area contributed by atoms with E-state index >= 15 is 0 Å². The lowest BCUT2D eigenvalue weighted by Gasteiger charge is -2.28. The number of aryl methyl sites for hydroxylation is 2. The Labute approximate surface area is 238 Å². The summed E-state index contributed by atoms with van der Waals surface area (Å²) in [4.78, 5) is 33.9. The van der Waals surface area contributed by atoms with Gasteiger partial charge in [0, 0.05) is 48.7 Å². The molecular formula is C31H32N8O2. The van der Waals surface area contributed by atoms with Crippen LogP contribution >= 0.6 is 0 Å². The normalized spacial score (nSPS) is 13.2. The van der Waals surface area contributed by atoms with Crippen molar-refractivity contribution in [3.8, 4) is 5.75 Å². The molecule has 208 valence electrons. The maximum atomic E-state index is 14.1. The fourth-order valence-corrected chi connectivity index (χ4v) is 5.43. The van der Waals surface area contributed by atoms with Crippen molar-refractivity contribution in [1.82, 2.24) is 34.6 Å². The Morgan fingerprint density at radius 2 is 1.90 bits per heavy atom. The van der Waals surface area contributed by atoms with E-state index < -0.39 is 0 Å². The van der Waals surface area contributed by atoms with Crippen LogP contribution in [0.15, 0.2) is 67.3 Å². The van der Waals surface area contributed by atoms with Crippen molar-refractivity contribution >= 4 is 22.6 Å². The largest absolute Gasteiger partial charge is 0.492 e. The van der Waals surface area contributed by atoms with Gasteiger partial charge in [-0.25, -0.2) is 15.0 Å². The molecule has 0 saturated heterocycles. The topological polar surface area (TPSA) is 125 Å². The van der Waals surface area contributed by atoms with Crippen molar-refractivity contribution in [2.45, 2.75) is 45.2 Å². The number of pyridine rings is 2. The maximum Gasteiger partial charge on any atom is 0.254 e. The van der Waals surface area contributed by atoms with E-state index in [4.69, 9.17) is 10.5 Å². The summed E-state index contributed by atoms with van der Waals surface area (Å²) in [6.45, 7) is 2.73. The van der Waals surface area contributed by atoms with Crippen molar-refractivity contribution in [3.63, 3.8) is 0 Å². The summed E-state index contributed by atoms with van der Waals surface area (Å²) >= 11 is 0. The standard InChI is InChI=1S/C31H32N8O2/c1-20(30-33-13-4-14-34-30)39(19-22-8-9-24(18-35-22)41-16-12-23-11-15-36-38(23)2)31(40)21-7-10-28-27(17-21)25-5-3-6-26(25)29(32)37-28/h4,7-11,13-15,17-18,20H,3,5-6,12,16,19H2,1-2H3,(H2,32,37). The van der Waals surface area contributed by atoms with Crippen LogP contribution in [0.1, 0.15) is 58.1 Å². The first-order chi connectivity index (χ1) is 20.0. The number of ether oxygens (including phenoxy) is 1. The average molecular weight is 549 g/mol. The molecule has 1 unspecified atom stereocenters. The number of hydrogen-bond donors (Lipinski definition) is 1. The molecule has 41 heavy (non-hydrogen) atoms. The van der Waals surface area contributed by atoms with Crippen LogP contribution in [0.25, 0.3) is 10.9 Å². The molecular weight excluding hydrogens is 516 g/mol. The van der Waals surface area contributed by atoms with E-state index in [1.807, 2.05) is 55.1 Å². The summed E-state index contributed by atoms with van der Waals surface area (Å²) in [5.74, 6) is 1.69. The Morgan fingerprint density at radius 3 is 2.66 bits per heavy atom. The number of aromatic nitrogens is 6. The molecule has 0 radical (unpaired) electrons. The zero-order valence-corrected chi connectivity index (χ0v) is 23.2. The van der Waals surface area contributed by atoms with Gasteiger partial charge in [0.2, 0.25) is 0 Å². The number of carbonyl (C=O) groups excluding carboxylic acids is 1. The molecule has 1 amide bonds. The van der Waals surface area contributed by atoms with E-state index in [1.165, 1.54) is 5.56 Å². The van der Waals surface area contributed by atoms with Crippen LogP contribution in [-0.2, 0) is 32.9 Å². The van der Waals surface area contributed by atoms with Crippen molar-refractivity contribution in [1.29, 1.82) is 0 Å². The third-order valence-corrected chi connectivity index (χ3v) is 7.70. The van der Waals surface area contributed by atoms with Gasteiger partial charge in [-0.15, -0.1) is 0 Å². The highest BCUT2D eigenvalue weighted by molar-refractivity contribution is 5.99. The van der Waals surface area contributed by atoms with Crippen molar-refractivity contribution in [3.05, 3.63) is 101 Å². The van der Waals surface area contributed by atoms with E-state index in [0.29, 0.717) is 29.6 Å². The Kier molecular flexibility index (Phi) is 7.28. The smallest absolute Gasteiger partial charge is 0.254 e. The first-order valence-corrected chi connectivity index (χ1v) is 13.8. The summed E-state index contributed by atoms with van der Waals surface area (Å²) in [5, 5.41) is 5.18. The van der Waals surface area contributed by atoms with Crippen LogP contribution < -0.4 is 10.5 Å². The third kappa shape index (κ3) is 5.45. The molecule has 0 bridgehead atoms. The zero-order valence-electron chi connectivity index (χ0n) is 23.2. The molecule has 4 aromatic heterocycles. The van der Waals surface area contributed by atoms with Crippen LogP contribution in [0, 0.1) is 0 Å². The first-order valence-electron chi connectivity index (χ1n) is 13.8. The van der Waals surface area contributed by atoms with Crippen molar-refractivity contribution < 1.29 is 9.53 Å². The summed E-state index contributed by atoms with van der Waals surface area (Å²) < 4.78 is 7.73. The molecule has 1 atom stereocenters. The van der Waals surface area contributed by atoms with Crippen LogP contribution in [0.3, 0.4) is 0 Å². The summed E-state index contributed by atoms with van der Waals surface area (Å²) in [6.07, 6.45) is 10.5. The lowest BCUT2D eigenvalue weighted by Crippen LogP contribution is -2.34. The van der Waals surface area contributed by atoms with Gasteiger partial charge >= 0.3 is 0 Å². The number of carbonyl (C=O) groups is 1. The van der Waals surface area contributed by atoms with Gasteiger partial charge in [-0.3, -0.25) is 14.5 Å². The molecule has 5 aromatic rings. The number of hydrogen-bond acceptors (Lipinski definition) is 8. The molecule has 1 aliphatic rings. The maximum absolute atomic E-state index is 14.1. The van der Waals surface area contributed by atoms with E-state index in [1.54, 1.807) is 35.8 Å². The van der Waals surface area contributed by atoms with Gasteiger partial charge in [0.25, 0.3) is 5.91 Å². The number of anilines is 1. The highest BCUT2D eigenvalue weighted by Crippen LogP contribution is 2.33. The van der Waals surface area contributed by atoms with Crippen LogP contribution in [0.4, 0.5) is 5.82 Å². The number of nitrogens with two attached hydrogens (primary N) is 1. The number of benzene rings is 1. The van der Waals surface area contributed by atoms with Gasteiger partial charge < -0.3 is 15.4 Å². The summed E-state index contributed by atoms with van der Waals surface area (Å²) in [7, 11) is 1.91. The van der Waals surface area contributed by atoms with Crippen molar-refractivity contribution in [2.75, 3.05) is 12.3 Å². The molecule has 2 N–H and O–H groups in total. The van der Waals surface area contributed by atoms with Gasteiger partial charge in [-0.05, 0) is 79.8 Å². The van der Waals surface area contributed by atoms with Crippen LogP contribution in [0.5, 0.6) is 5.75 Å². The average Bonchev–Trinajstić information content (AvgIpc) is 3.66. The van der Waals surface area contributed by atoms with Gasteiger partial charge in [0.1, 0.15) is 17.4 Å². The zero-order chi connectivity index (χ0) is 28.3. The Hall–Kier alpha value is -4.86. The van der Waals surface area contributed by atoms with E-state index in [0.717, 1.165) is 53.5 Å². The van der Waals surface area contributed by atoms with Gasteiger partial charge in [0.15, 0.2) is 0 Å². The highest BCUT2D eigenvalue weighted by Gasteiger charge is 2.27. The first kappa shape index (κ1) is 26.4. The summed E-state index contributed by atoms with van der Waals surface area (Å²) in [6, 6.07) is 12.8. The molecule has 1 aromatic carbocycles. The van der Waals surface area contributed by atoms with Crippen LogP contribution in [-0.4, -0.2) is 47.1 Å². The molecule has 4 heterocycles. The SMILES string of the molecule is CC(c1ncccn1)N(Cc1ccc(OCCc2ccnn2C)cn1)C(=O)c1ccc2nc(N)c3c(c2c1)CCC3. The molecule has 0 spiro atoms. The second-order valence-electron chi connectivity index (χ2n) is 10.3. The summed E-state index contributed by atoms with van der Waals surface area (Å²) in [5.41, 5.74) is 11.8. The Morgan fingerprint density at radius 1 is 1.07 bits per heavy atom. The minimum Gasteiger partial charge on any atom is -0.492 e. The minimum absolute atomic E-state index is 0.131. The van der Waals surface area contributed by atoms with E-state index in [-0.39, 0.29) is 18.5 Å². The predicted octanol–water partition coefficient (Wildman–Crippen LogP) is 4.25. The number of amides is 1. The molecule has 10 nitrogen and oxygen atoms in total. The molecule has 6 rings (SSSR count). The molecule has 1 aliphatic carbocycles. The van der Waals surface area contributed by atoms with Crippen molar-refractivity contribution in [2.24, 2.45) is 7.05 Å². The third-order valence-electron chi connectivity index (χ3n) is 7.70. The highest BCUT2D eigenvalue weighted by atomic mass is 16.5. The molecule has 0 aliphatic heterocycles. The number of fused-ring (bicyclic) bond motifs is 3. The predicted molar refractivity (Wildman–Crippen MR) is 155 cm³/mol. The monoisotopic (exact) mass is 548 g/mol. The fourth-order valence-electron chi connectivity index (χ4n) is 5.43. The molecule has 10 heteroatoms. The van der Waals surface area contributed by atoms with Crippen LogP contribution in [0.2, 0.25) is 0 Å². The number of nitrogen functional groups attached to an aromatic ring is 1. The number of rotatable bonds is 9. The van der Waals surface area contributed by atoms with Gasteiger partial charge in [-0.2, -0.15) is 5.10 Å². The van der Waals surface area contributed by atoms with E-state index in [2.05, 4.69) is 25.0 Å². The quantitative estimate of drug-likeness (QED) is 0.290. The lowest BCUT2D eigenvalue weighted by molar-refractivity contribution is 0.0663. The number of nitrogens with zero attached hydrogens (tertiary/aromatic N) is 7.